The van der Waals surface area contributed by atoms with E-state index in [1.54, 1.807) is 18.2 Å². The van der Waals surface area contributed by atoms with Crippen molar-refractivity contribution in [2.24, 2.45) is 0 Å². The highest BCUT2D eigenvalue weighted by atomic mass is 32.2. The molecule has 2 rings (SSSR count). The summed E-state index contributed by atoms with van der Waals surface area (Å²) in [4.78, 5) is 21.1. The van der Waals surface area contributed by atoms with Gasteiger partial charge in [0.15, 0.2) is 5.16 Å². The molecule has 5 nitrogen and oxygen atoms in total. The minimum Gasteiger partial charge on any atom is -0.465 e. The smallest absolute Gasteiger partial charge is 0.339 e. The molecule has 0 amide bonds. The van der Waals surface area contributed by atoms with Crippen LogP contribution in [0.4, 0.5) is 5.69 Å². The number of ether oxygens (including phenoxy) is 1. The number of nitrogens with zero attached hydrogens (tertiary/aromatic N) is 2. The number of benzene rings is 1. The Bertz CT molecular complexity index is 639. The van der Waals surface area contributed by atoms with Crippen LogP contribution in [0.25, 0.3) is 0 Å². The molecule has 0 bridgehead atoms. The van der Waals surface area contributed by atoms with Gasteiger partial charge in [-0.15, -0.1) is 0 Å². The molecule has 104 valence electrons. The van der Waals surface area contributed by atoms with Crippen molar-refractivity contribution < 1.29 is 9.53 Å². The van der Waals surface area contributed by atoms with Gasteiger partial charge in [-0.1, -0.05) is 6.07 Å². The Hall–Kier alpha value is -2.08. The van der Waals surface area contributed by atoms with Crippen LogP contribution < -0.4 is 5.73 Å². The van der Waals surface area contributed by atoms with Crippen molar-refractivity contribution in [2.75, 3.05) is 12.8 Å². The summed E-state index contributed by atoms with van der Waals surface area (Å²) in [7, 11) is 1.34. The molecule has 2 N–H and O–H groups in total. The number of aromatic nitrogens is 2. The number of rotatable bonds is 3. The van der Waals surface area contributed by atoms with Gasteiger partial charge in [0.2, 0.25) is 0 Å². The average molecular weight is 289 g/mol. The quantitative estimate of drug-likeness (QED) is 0.531. The zero-order valence-corrected chi connectivity index (χ0v) is 12.3. The van der Waals surface area contributed by atoms with Crippen molar-refractivity contribution in [1.82, 2.24) is 9.97 Å². The second-order valence-corrected chi connectivity index (χ2v) is 5.23. The van der Waals surface area contributed by atoms with Crippen LogP contribution in [0.15, 0.2) is 34.3 Å². The lowest BCUT2D eigenvalue weighted by Crippen LogP contribution is -2.05. The molecule has 2 aromatic rings. The minimum atomic E-state index is -0.427. The average Bonchev–Trinajstić information content (AvgIpc) is 2.39. The van der Waals surface area contributed by atoms with Gasteiger partial charge in [-0.25, -0.2) is 14.8 Å². The Kier molecular flexibility index (Phi) is 4.24. The molecule has 0 spiro atoms. The maximum atomic E-state index is 11.8. The van der Waals surface area contributed by atoms with Gasteiger partial charge < -0.3 is 10.5 Å². The molecule has 1 aromatic heterocycles. The molecule has 0 saturated carbocycles. The molecule has 0 radical (unpaired) electrons. The molecule has 0 saturated heterocycles. The van der Waals surface area contributed by atoms with Gasteiger partial charge in [0.1, 0.15) is 0 Å². The van der Waals surface area contributed by atoms with Gasteiger partial charge in [0.05, 0.1) is 17.6 Å². The van der Waals surface area contributed by atoms with Gasteiger partial charge >= 0.3 is 5.97 Å². The molecular formula is C14H15N3O2S. The molecule has 20 heavy (non-hydrogen) atoms. The predicted molar refractivity (Wildman–Crippen MR) is 77.8 cm³/mol. The first-order chi connectivity index (χ1) is 9.51. The summed E-state index contributed by atoms with van der Waals surface area (Å²) in [5, 5.41) is 0.561. The number of hydrogen-bond acceptors (Lipinski definition) is 6. The lowest BCUT2D eigenvalue weighted by Gasteiger charge is -2.10. The summed E-state index contributed by atoms with van der Waals surface area (Å²) in [5.74, 6) is -0.427. The van der Waals surface area contributed by atoms with Gasteiger partial charge in [-0.05, 0) is 43.8 Å². The van der Waals surface area contributed by atoms with E-state index >= 15 is 0 Å². The van der Waals surface area contributed by atoms with Crippen molar-refractivity contribution in [2.45, 2.75) is 23.9 Å². The number of aryl methyl sites for hydroxylation is 2. The van der Waals surface area contributed by atoms with Crippen LogP contribution in [0.1, 0.15) is 21.7 Å². The molecular weight excluding hydrogens is 274 g/mol. The molecule has 0 unspecified atom stereocenters. The normalized spacial score (nSPS) is 10.3. The first-order valence-electron chi connectivity index (χ1n) is 5.98. The molecule has 1 aromatic carbocycles. The van der Waals surface area contributed by atoms with Gasteiger partial charge in [0.25, 0.3) is 0 Å². The van der Waals surface area contributed by atoms with E-state index in [2.05, 4.69) is 9.97 Å². The maximum absolute atomic E-state index is 11.8. The molecule has 0 aliphatic rings. The zero-order valence-electron chi connectivity index (χ0n) is 11.5. The summed E-state index contributed by atoms with van der Waals surface area (Å²) in [5.41, 5.74) is 8.61. The number of methoxy groups -OCH3 is 1. The van der Waals surface area contributed by atoms with E-state index in [4.69, 9.17) is 10.5 Å². The fraction of sp³-hybridized carbons (Fsp3) is 0.214. The Morgan fingerprint density at radius 1 is 1.25 bits per heavy atom. The summed E-state index contributed by atoms with van der Waals surface area (Å²) in [6.45, 7) is 3.79. The monoisotopic (exact) mass is 289 g/mol. The third kappa shape index (κ3) is 3.08. The second-order valence-electron chi connectivity index (χ2n) is 4.25. The molecule has 0 fully saturated rings. The number of anilines is 1. The van der Waals surface area contributed by atoms with Crippen molar-refractivity contribution in [3.8, 4) is 0 Å². The van der Waals surface area contributed by atoms with E-state index in [-0.39, 0.29) is 0 Å². The van der Waals surface area contributed by atoms with Crippen LogP contribution in [0.3, 0.4) is 0 Å². The van der Waals surface area contributed by atoms with Gasteiger partial charge in [0, 0.05) is 17.1 Å². The first-order valence-corrected chi connectivity index (χ1v) is 6.80. The fourth-order valence-electron chi connectivity index (χ4n) is 1.77. The number of carbonyl (C=O) groups is 1. The Labute approximate surface area is 121 Å². The van der Waals surface area contributed by atoms with Crippen molar-refractivity contribution in [3.63, 3.8) is 0 Å². The largest absolute Gasteiger partial charge is 0.465 e. The predicted octanol–water partition coefficient (Wildman–Crippen LogP) is 2.61. The van der Waals surface area contributed by atoms with Crippen LogP contribution in [0.5, 0.6) is 0 Å². The molecule has 1 heterocycles. The number of nitrogen functional groups attached to an aromatic ring is 1. The van der Waals surface area contributed by atoms with Gasteiger partial charge in [-0.2, -0.15) is 0 Å². The Morgan fingerprint density at radius 3 is 2.50 bits per heavy atom. The van der Waals surface area contributed by atoms with Crippen LogP contribution >= 0.6 is 11.8 Å². The SMILES string of the molecule is COC(=O)c1cccc(N)c1Sc1nc(C)cc(C)n1. The molecule has 0 aliphatic heterocycles. The van der Waals surface area contributed by atoms with Gasteiger partial charge in [-0.3, -0.25) is 0 Å². The lowest BCUT2D eigenvalue weighted by molar-refractivity contribution is 0.0597. The number of nitrogens with two attached hydrogens (primary N) is 1. The number of esters is 1. The first kappa shape index (κ1) is 14.3. The third-order valence-electron chi connectivity index (χ3n) is 2.61. The van der Waals surface area contributed by atoms with E-state index in [1.165, 1.54) is 18.9 Å². The van der Waals surface area contributed by atoms with Crippen LogP contribution in [-0.2, 0) is 4.74 Å². The highest BCUT2D eigenvalue weighted by Crippen LogP contribution is 2.33. The number of hydrogen-bond donors (Lipinski definition) is 1. The second kappa shape index (κ2) is 5.92. The summed E-state index contributed by atoms with van der Waals surface area (Å²) in [6, 6.07) is 7.01. The van der Waals surface area contributed by atoms with E-state index in [0.29, 0.717) is 21.3 Å². The highest BCUT2D eigenvalue weighted by molar-refractivity contribution is 7.99. The fourth-order valence-corrected chi connectivity index (χ4v) is 2.78. The summed E-state index contributed by atoms with van der Waals surface area (Å²) < 4.78 is 4.77. The van der Waals surface area contributed by atoms with E-state index < -0.39 is 5.97 Å². The molecule has 6 heteroatoms. The third-order valence-corrected chi connectivity index (χ3v) is 3.63. The van der Waals surface area contributed by atoms with Crippen molar-refractivity contribution >= 4 is 23.4 Å². The van der Waals surface area contributed by atoms with Crippen molar-refractivity contribution in [1.29, 1.82) is 0 Å². The Balaban J connectivity index is 2.44. The van der Waals surface area contributed by atoms with E-state index in [9.17, 15) is 4.79 Å². The van der Waals surface area contributed by atoms with E-state index in [1.807, 2.05) is 19.9 Å². The van der Waals surface area contributed by atoms with Crippen LogP contribution in [-0.4, -0.2) is 23.0 Å². The molecule has 0 atom stereocenters. The summed E-state index contributed by atoms with van der Waals surface area (Å²) in [6.07, 6.45) is 0. The highest BCUT2D eigenvalue weighted by Gasteiger charge is 2.16. The minimum absolute atomic E-state index is 0.417. The molecule has 0 aliphatic carbocycles. The maximum Gasteiger partial charge on any atom is 0.339 e. The van der Waals surface area contributed by atoms with Crippen molar-refractivity contribution in [3.05, 3.63) is 41.2 Å². The standard InChI is InChI=1S/C14H15N3O2S/c1-8-7-9(2)17-14(16-8)20-12-10(13(18)19-3)5-4-6-11(12)15/h4-7H,15H2,1-3H3. The lowest BCUT2D eigenvalue weighted by atomic mass is 10.2. The van der Waals surface area contributed by atoms with Crippen LogP contribution in [0, 0.1) is 13.8 Å². The van der Waals surface area contributed by atoms with Crippen LogP contribution in [0.2, 0.25) is 0 Å². The Morgan fingerprint density at radius 2 is 1.90 bits per heavy atom. The number of carbonyl (C=O) groups excluding carboxylic acids is 1. The van der Waals surface area contributed by atoms with E-state index in [0.717, 1.165) is 11.4 Å². The summed E-state index contributed by atoms with van der Waals surface area (Å²) >= 11 is 1.26. The topological polar surface area (TPSA) is 78.1 Å². The zero-order chi connectivity index (χ0) is 14.7.